The molecule has 1 aliphatic heterocycles. The molecule has 0 saturated carbocycles. The predicted octanol–water partition coefficient (Wildman–Crippen LogP) is 4.46. The van der Waals surface area contributed by atoms with Crippen LogP contribution >= 0.6 is 15.9 Å². The van der Waals surface area contributed by atoms with E-state index in [0.29, 0.717) is 5.56 Å². The molecule has 3 rings (SSSR count). The molecule has 2 nitrogen and oxygen atoms in total. The van der Waals surface area contributed by atoms with Crippen molar-refractivity contribution in [3.8, 4) is 0 Å². The number of carbonyl (C=O) groups excluding carboxylic acids is 1. The largest absolute Gasteiger partial charge is 0.453 e. The van der Waals surface area contributed by atoms with Gasteiger partial charge in [-0.25, -0.2) is 4.79 Å². The summed E-state index contributed by atoms with van der Waals surface area (Å²) < 4.78 is 6.50. The van der Waals surface area contributed by atoms with E-state index in [0.717, 1.165) is 15.6 Å². The minimum absolute atomic E-state index is 0.156. The number of halogens is 1. The van der Waals surface area contributed by atoms with Crippen LogP contribution in [-0.2, 0) is 4.74 Å². The van der Waals surface area contributed by atoms with Crippen molar-refractivity contribution in [1.29, 1.82) is 0 Å². The Morgan fingerprint density at radius 2 is 1.84 bits per heavy atom. The lowest BCUT2D eigenvalue weighted by molar-refractivity contribution is 0.0184. The van der Waals surface area contributed by atoms with E-state index in [4.69, 9.17) is 4.74 Å². The van der Waals surface area contributed by atoms with Gasteiger partial charge in [-0.05, 0) is 23.3 Å². The summed E-state index contributed by atoms with van der Waals surface area (Å²) in [5.41, 5.74) is 2.75. The zero-order valence-electron chi connectivity index (χ0n) is 10.5. The van der Waals surface area contributed by atoms with Crippen LogP contribution in [0.2, 0.25) is 0 Å². The van der Waals surface area contributed by atoms with Gasteiger partial charge in [-0.2, -0.15) is 0 Å². The normalized spacial score (nSPS) is 21.7. The first-order valence-corrected chi connectivity index (χ1v) is 7.01. The topological polar surface area (TPSA) is 26.3 Å². The van der Waals surface area contributed by atoms with Gasteiger partial charge in [0.2, 0.25) is 0 Å². The molecule has 0 saturated heterocycles. The molecule has 96 valence electrons. The molecule has 0 fully saturated rings. The molecule has 0 aliphatic carbocycles. The van der Waals surface area contributed by atoms with Crippen molar-refractivity contribution >= 4 is 21.9 Å². The quantitative estimate of drug-likeness (QED) is 0.726. The fraction of sp³-hybridized carbons (Fsp3) is 0.188. The fourth-order valence-corrected chi connectivity index (χ4v) is 2.91. The van der Waals surface area contributed by atoms with E-state index >= 15 is 0 Å². The van der Waals surface area contributed by atoms with Gasteiger partial charge >= 0.3 is 5.97 Å². The molecule has 0 spiro atoms. The Hall–Kier alpha value is -1.61. The van der Waals surface area contributed by atoms with Crippen molar-refractivity contribution in [1.82, 2.24) is 0 Å². The minimum atomic E-state index is -0.247. The Balaban J connectivity index is 2.05. The summed E-state index contributed by atoms with van der Waals surface area (Å²) in [6.07, 6.45) is -0.206. The lowest BCUT2D eigenvalue weighted by Crippen LogP contribution is -2.24. The number of benzene rings is 2. The van der Waals surface area contributed by atoms with Crippen molar-refractivity contribution in [3.63, 3.8) is 0 Å². The molecule has 3 heteroatoms. The second-order valence-corrected chi connectivity index (χ2v) is 5.67. The van der Waals surface area contributed by atoms with Crippen LogP contribution in [0.4, 0.5) is 0 Å². The highest BCUT2D eigenvalue weighted by Gasteiger charge is 2.33. The standard InChI is InChI=1S/C16H13BrO2/c1-10-13-8-7-12(17)9-14(13)16(18)19-15(10)11-5-3-2-4-6-11/h2-10,15H,1H3/t10-,15-/m1/s1. The monoisotopic (exact) mass is 316 g/mol. The number of hydrogen-bond donors (Lipinski definition) is 0. The van der Waals surface area contributed by atoms with E-state index in [1.54, 1.807) is 0 Å². The summed E-state index contributed by atoms with van der Waals surface area (Å²) in [6.45, 7) is 2.09. The number of hydrogen-bond acceptors (Lipinski definition) is 2. The molecule has 2 atom stereocenters. The highest BCUT2D eigenvalue weighted by molar-refractivity contribution is 9.10. The van der Waals surface area contributed by atoms with Crippen molar-refractivity contribution in [2.75, 3.05) is 0 Å². The van der Waals surface area contributed by atoms with Crippen LogP contribution in [0.1, 0.15) is 40.4 Å². The smallest absolute Gasteiger partial charge is 0.339 e. The molecule has 0 unspecified atom stereocenters. The van der Waals surface area contributed by atoms with Gasteiger partial charge in [-0.1, -0.05) is 59.3 Å². The maximum Gasteiger partial charge on any atom is 0.339 e. The zero-order chi connectivity index (χ0) is 13.4. The predicted molar refractivity (Wildman–Crippen MR) is 77.2 cm³/mol. The van der Waals surface area contributed by atoms with Crippen LogP contribution in [0, 0.1) is 0 Å². The van der Waals surface area contributed by atoms with E-state index in [-0.39, 0.29) is 18.0 Å². The van der Waals surface area contributed by atoms with Crippen LogP contribution in [-0.4, -0.2) is 5.97 Å². The Bertz CT molecular complexity index is 622. The Kier molecular flexibility index (Phi) is 3.15. The van der Waals surface area contributed by atoms with Gasteiger partial charge < -0.3 is 4.74 Å². The van der Waals surface area contributed by atoms with E-state index in [1.165, 1.54) is 0 Å². The highest BCUT2D eigenvalue weighted by atomic mass is 79.9. The number of fused-ring (bicyclic) bond motifs is 1. The zero-order valence-corrected chi connectivity index (χ0v) is 12.1. The Morgan fingerprint density at radius 1 is 1.11 bits per heavy atom. The highest BCUT2D eigenvalue weighted by Crippen LogP contribution is 2.40. The number of cyclic esters (lactones) is 1. The SMILES string of the molecule is C[C@@H]1c2ccc(Br)cc2C(=O)O[C@H]1c1ccccc1. The molecular formula is C16H13BrO2. The first-order chi connectivity index (χ1) is 9.16. The summed E-state index contributed by atoms with van der Waals surface area (Å²) in [4.78, 5) is 12.1. The summed E-state index contributed by atoms with van der Waals surface area (Å²) in [5, 5.41) is 0. The third kappa shape index (κ3) is 2.19. The van der Waals surface area contributed by atoms with Crippen LogP contribution in [0.25, 0.3) is 0 Å². The molecule has 1 heterocycles. The first kappa shape index (κ1) is 12.4. The average molecular weight is 317 g/mol. The van der Waals surface area contributed by atoms with Crippen LogP contribution in [0.3, 0.4) is 0 Å². The Morgan fingerprint density at radius 3 is 2.58 bits per heavy atom. The third-order valence-corrected chi connectivity index (χ3v) is 4.04. The molecular weight excluding hydrogens is 304 g/mol. The maximum absolute atomic E-state index is 12.1. The number of ether oxygens (including phenoxy) is 1. The van der Waals surface area contributed by atoms with E-state index in [9.17, 15) is 4.79 Å². The van der Waals surface area contributed by atoms with Gasteiger partial charge in [0.1, 0.15) is 6.10 Å². The van der Waals surface area contributed by atoms with Crippen LogP contribution in [0.5, 0.6) is 0 Å². The van der Waals surface area contributed by atoms with E-state index in [2.05, 4.69) is 22.9 Å². The van der Waals surface area contributed by atoms with Crippen molar-refractivity contribution in [2.24, 2.45) is 0 Å². The summed E-state index contributed by atoms with van der Waals surface area (Å²) in [5.74, 6) is -0.0912. The summed E-state index contributed by atoms with van der Waals surface area (Å²) in [6, 6.07) is 15.7. The molecule has 0 N–H and O–H groups in total. The number of esters is 1. The lowest BCUT2D eigenvalue weighted by atomic mass is 9.85. The lowest BCUT2D eigenvalue weighted by Gasteiger charge is -2.31. The summed E-state index contributed by atoms with van der Waals surface area (Å²) in [7, 11) is 0. The van der Waals surface area contributed by atoms with E-state index in [1.807, 2.05) is 48.5 Å². The first-order valence-electron chi connectivity index (χ1n) is 6.22. The molecule has 19 heavy (non-hydrogen) atoms. The van der Waals surface area contributed by atoms with Gasteiger partial charge in [0.25, 0.3) is 0 Å². The summed E-state index contributed by atoms with van der Waals surface area (Å²) >= 11 is 3.39. The molecule has 2 aromatic carbocycles. The number of rotatable bonds is 1. The molecule has 0 radical (unpaired) electrons. The second kappa shape index (κ2) is 4.82. The third-order valence-electron chi connectivity index (χ3n) is 3.54. The van der Waals surface area contributed by atoms with Crippen LogP contribution < -0.4 is 0 Å². The van der Waals surface area contributed by atoms with Crippen LogP contribution in [0.15, 0.2) is 53.0 Å². The van der Waals surface area contributed by atoms with Gasteiger partial charge in [0, 0.05) is 10.4 Å². The second-order valence-electron chi connectivity index (χ2n) is 4.76. The van der Waals surface area contributed by atoms with E-state index < -0.39 is 0 Å². The average Bonchev–Trinajstić information content (AvgIpc) is 2.43. The molecule has 2 aromatic rings. The van der Waals surface area contributed by atoms with Gasteiger partial charge in [0.05, 0.1) is 5.56 Å². The molecule has 1 aliphatic rings. The molecule has 0 aromatic heterocycles. The Labute approximate surface area is 120 Å². The van der Waals surface area contributed by atoms with Gasteiger partial charge in [0.15, 0.2) is 0 Å². The van der Waals surface area contributed by atoms with Crippen molar-refractivity contribution < 1.29 is 9.53 Å². The van der Waals surface area contributed by atoms with Gasteiger partial charge in [-0.3, -0.25) is 0 Å². The van der Waals surface area contributed by atoms with Crippen molar-refractivity contribution in [3.05, 3.63) is 69.7 Å². The minimum Gasteiger partial charge on any atom is -0.453 e. The maximum atomic E-state index is 12.1. The fourth-order valence-electron chi connectivity index (χ4n) is 2.55. The molecule has 0 amide bonds. The number of carbonyl (C=O) groups is 1. The van der Waals surface area contributed by atoms with Crippen molar-refractivity contribution in [2.45, 2.75) is 18.9 Å². The van der Waals surface area contributed by atoms with Gasteiger partial charge in [-0.15, -0.1) is 0 Å². The molecule has 0 bridgehead atoms.